The van der Waals surface area contributed by atoms with Crippen LogP contribution < -0.4 is 5.73 Å². The van der Waals surface area contributed by atoms with E-state index < -0.39 is 11.6 Å². The third-order valence-electron chi connectivity index (χ3n) is 4.54. The van der Waals surface area contributed by atoms with Gasteiger partial charge in [-0.15, -0.1) is 0 Å². The van der Waals surface area contributed by atoms with Crippen molar-refractivity contribution < 1.29 is 9.53 Å². The maximum Gasteiger partial charge on any atom is 0.205 e. The highest BCUT2D eigenvalue weighted by atomic mass is 35.5. The van der Waals surface area contributed by atoms with Crippen molar-refractivity contribution in [3.05, 3.63) is 34.9 Å². The minimum Gasteiger partial charge on any atom is -0.470 e. The number of nitrogens with zero attached hydrogens (tertiary/aromatic N) is 1. The summed E-state index contributed by atoms with van der Waals surface area (Å²) in [4.78, 5) is 17.6. The molecule has 0 amide bonds. The van der Waals surface area contributed by atoms with Gasteiger partial charge in [-0.1, -0.05) is 36.7 Å². The Labute approximate surface area is 135 Å². The Morgan fingerprint density at radius 1 is 1.50 bits per heavy atom. The molecule has 2 bridgehead atoms. The van der Waals surface area contributed by atoms with Crippen molar-refractivity contribution in [3.8, 4) is 0 Å². The van der Waals surface area contributed by atoms with E-state index in [0.29, 0.717) is 30.3 Å². The van der Waals surface area contributed by atoms with Crippen LogP contribution in [0.3, 0.4) is 0 Å². The zero-order valence-electron chi connectivity index (χ0n) is 12.7. The van der Waals surface area contributed by atoms with Crippen LogP contribution in [-0.2, 0) is 15.1 Å². The van der Waals surface area contributed by atoms with Crippen LogP contribution in [-0.4, -0.2) is 24.3 Å². The number of rotatable bonds is 4. The first-order valence-electron chi connectivity index (χ1n) is 7.81. The van der Waals surface area contributed by atoms with Gasteiger partial charge in [0.15, 0.2) is 17.5 Å². The minimum atomic E-state index is -0.872. The molecule has 1 heterocycles. The minimum absolute atomic E-state index is 0.0380. The third-order valence-corrected chi connectivity index (χ3v) is 4.87. The van der Waals surface area contributed by atoms with E-state index in [-0.39, 0.29) is 11.7 Å². The number of fused-ring (bicyclic) bond motifs is 2. The van der Waals surface area contributed by atoms with E-state index in [1.165, 1.54) is 0 Å². The van der Waals surface area contributed by atoms with Crippen molar-refractivity contribution in [1.82, 2.24) is 0 Å². The van der Waals surface area contributed by atoms with Crippen LogP contribution in [0.2, 0.25) is 5.02 Å². The number of carbonyl (C=O) groups is 1. The number of carbonyl (C=O) groups excluding carboxylic acids is 1. The summed E-state index contributed by atoms with van der Waals surface area (Å²) in [6.45, 7) is 2.63. The van der Waals surface area contributed by atoms with Gasteiger partial charge in [0.25, 0.3) is 0 Å². The summed E-state index contributed by atoms with van der Waals surface area (Å²) in [6.07, 6.45) is 2.61. The molecule has 2 N–H and O–H groups in total. The molecule has 118 valence electrons. The Kier molecular flexibility index (Phi) is 4.24. The zero-order chi connectivity index (χ0) is 15.7. The fraction of sp³-hybridized carbons (Fsp3) is 0.529. The molecule has 0 saturated heterocycles. The lowest BCUT2D eigenvalue weighted by Gasteiger charge is -2.41. The summed E-state index contributed by atoms with van der Waals surface area (Å²) in [5.41, 5.74) is 5.63. The Balaban J connectivity index is 2.06. The number of hydrogen-bond acceptors (Lipinski definition) is 4. The summed E-state index contributed by atoms with van der Waals surface area (Å²) >= 11 is 6.36. The second kappa shape index (κ2) is 6.01. The van der Waals surface area contributed by atoms with Crippen LogP contribution in [0, 0.1) is 5.92 Å². The molecule has 1 aliphatic heterocycles. The molecule has 2 aliphatic rings. The molecule has 1 saturated carbocycles. The first-order valence-corrected chi connectivity index (χ1v) is 8.19. The maximum absolute atomic E-state index is 12.9. The molecule has 1 aromatic rings. The highest BCUT2D eigenvalue weighted by Gasteiger charge is 2.51. The number of hydrogen-bond donors (Lipinski definition) is 1. The van der Waals surface area contributed by atoms with Gasteiger partial charge in [0, 0.05) is 17.0 Å². The van der Waals surface area contributed by atoms with Gasteiger partial charge in [-0.05, 0) is 37.8 Å². The number of benzene rings is 1. The van der Waals surface area contributed by atoms with Crippen LogP contribution >= 0.6 is 11.6 Å². The normalized spacial score (nSPS) is 28.8. The molecule has 1 aliphatic carbocycles. The maximum atomic E-state index is 12.9. The number of ketones is 1. The Hall–Kier alpha value is -1.39. The number of Topliss-reactive ketones (excluding diaryl/α,β-unsaturated/α-hetero) is 1. The molecule has 0 unspecified atom stereocenters. The smallest absolute Gasteiger partial charge is 0.205 e. The van der Waals surface area contributed by atoms with Gasteiger partial charge in [0.1, 0.15) is 0 Å². The lowest BCUT2D eigenvalue weighted by atomic mass is 9.73. The van der Waals surface area contributed by atoms with Crippen molar-refractivity contribution in [2.24, 2.45) is 16.6 Å². The average Bonchev–Trinajstić information content (AvgIpc) is 2.49. The predicted octanol–water partition coefficient (Wildman–Crippen LogP) is 3.07. The molecule has 22 heavy (non-hydrogen) atoms. The van der Waals surface area contributed by atoms with Gasteiger partial charge < -0.3 is 10.5 Å². The topological polar surface area (TPSA) is 64.7 Å². The Bertz CT molecular complexity index is 616. The number of ether oxygens (including phenoxy) is 1. The largest absolute Gasteiger partial charge is 0.470 e. The molecule has 0 radical (unpaired) electrons. The van der Waals surface area contributed by atoms with E-state index in [2.05, 4.69) is 6.92 Å². The van der Waals surface area contributed by atoms with Crippen LogP contribution in [0.25, 0.3) is 0 Å². The SMILES string of the molecule is C[C@H](CN)CC1=N[C@@]2(c3ccccc3Cl)CCC[C@@H](O1)C2=O. The molecular weight excluding hydrogens is 300 g/mol. The van der Waals surface area contributed by atoms with E-state index in [0.717, 1.165) is 18.4 Å². The van der Waals surface area contributed by atoms with Crippen LogP contribution in [0.5, 0.6) is 0 Å². The third kappa shape index (κ3) is 2.55. The summed E-state index contributed by atoms with van der Waals surface area (Å²) in [5, 5.41) is 0.591. The highest BCUT2D eigenvalue weighted by molar-refractivity contribution is 6.32. The molecule has 5 heteroatoms. The second-order valence-corrected chi connectivity index (χ2v) is 6.66. The average molecular weight is 321 g/mol. The van der Waals surface area contributed by atoms with Gasteiger partial charge in [-0.25, -0.2) is 4.99 Å². The van der Waals surface area contributed by atoms with Crippen molar-refractivity contribution in [3.63, 3.8) is 0 Å². The van der Waals surface area contributed by atoms with Crippen molar-refractivity contribution in [1.29, 1.82) is 0 Å². The van der Waals surface area contributed by atoms with E-state index in [1.54, 1.807) is 0 Å². The van der Waals surface area contributed by atoms with Crippen molar-refractivity contribution >= 4 is 23.3 Å². The summed E-state index contributed by atoms with van der Waals surface area (Å²) in [6, 6.07) is 7.49. The molecular formula is C17H21ClN2O2. The number of aliphatic imine (C=N–C) groups is 1. The second-order valence-electron chi connectivity index (χ2n) is 6.25. The van der Waals surface area contributed by atoms with Gasteiger partial charge in [-0.2, -0.15) is 0 Å². The lowest BCUT2D eigenvalue weighted by Crippen LogP contribution is -2.51. The summed E-state index contributed by atoms with van der Waals surface area (Å²) in [5.74, 6) is 0.953. The van der Waals surface area contributed by atoms with Crippen LogP contribution in [0.1, 0.15) is 38.2 Å². The van der Waals surface area contributed by atoms with Crippen molar-refractivity contribution in [2.45, 2.75) is 44.2 Å². The van der Waals surface area contributed by atoms with Crippen molar-refractivity contribution in [2.75, 3.05) is 6.54 Å². The molecule has 0 spiro atoms. The fourth-order valence-corrected chi connectivity index (χ4v) is 3.58. The van der Waals surface area contributed by atoms with Gasteiger partial charge >= 0.3 is 0 Å². The fourth-order valence-electron chi connectivity index (χ4n) is 3.29. The number of halogens is 1. The van der Waals surface area contributed by atoms with E-state index in [9.17, 15) is 4.79 Å². The van der Waals surface area contributed by atoms with Gasteiger partial charge in [0.2, 0.25) is 5.78 Å². The quantitative estimate of drug-likeness (QED) is 0.927. The molecule has 0 aromatic heterocycles. The first-order chi connectivity index (χ1) is 10.6. The Morgan fingerprint density at radius 2 is 2.27 bits per heavy atom. The highest BCUT2D eigenvalue weighted by Crippen LogP contribution is 2.44. The predicted molar refractivity (Wildman–Crippen MR) is 87.1 cm³/mol. The van der Waals surface area contributed by atoms with Crippen LogP contribution in [0.15, 0.2) is 29.3 Å². The van der Waals surface area contributed by atoms with E-state index in [1.807, 2.05) is 24.3 Å². The molecule has 1 fully saturated rings. The summed E-state index contributed by atoms with van der Waals surface area (Å²) in [7, 11) is 0. The number of nitrogens with two attached hydrogens (primary N) is 1. The summed E-state index contributed by atoms with van der Waals surface area (Å²) < 4.78 is 5.83. The molecule has 1 aromatic carbocycles. The van der Waals surface area contributed by atoms with Crippen LogP contribution in [0.4, 0.5) is 0 Å². The lowest BCUT2D eigenvalue weighted by molar-refractivity contribution is -0.137. The molecule has 3 atom stereocenters. The standard InChI is InChI=1S/C17H21ClN2O2/c1-11(10-19)9-15-20-17(12-5-2-3-6-13(12)18)8-4-7-14(22-15)16(17)21/h2-3,5-6,11,14H,4,7-10,19H2,1H3/t11-,14+,17+/m0/s1. The van der Waals surface area contributed by atoms with E-state index in [4.69, 9.17) is 27.1 Å². The molecule has 3 rings (SSSR count). The monoisotopic (exact) mass is 320 g/mol. The van der Waals surface area contributed by atoms with Gasteiger partial charge in [-0.3, -0.25) is 4.79 Å². The van der Waals surface area contributed by atoms with E-state index >= 15 is 0 Å². The molecule has 4 nitrogen and oxygen atoms in total. The zero-order valence-corrected chi connectivity index (χ0v) is 13.5. The first kappa shape index (κ1) is 15.5. The van der Waals surface area contributed by atoms with Gasteiger partial charge in [0.05, 0.1) is 0 Å². The Morgan fingerprint density at radius 3 is 3.00 bits per heavy atom.